The van der Waals surface area contributed by atoms with Crippen molar-refractivity contribution in [1.82, 2.24) is 10.6 Å². The van der Waals surface area contributed by atoms with Gasteiger partial charge in [0.2, 0.25) is 0 Å². The Hall–Kier alpha value is -0.0500. The van der Waals surface area contributed by atoms with Crippen molar-refractivity contribution in [2.45, 2.75) is 34.1 Å². The summed E-state index contributed by atoms with van der Waals surface area (Å²) >= 11 is 0. The number of hydrogen-bond donors (Lipinski definition) is 2. The van der Waals surface area contributed by atoms with Crippen molar-refractivity contribution in [1.29, 1.82) is 0 Å². The number of rotatable bonds is 8. The Morgan fingerprint density at radius 3 is 2.32 bits per heavy atom. The minimum absolute atomic E-state index is 0. The topological polar surface area (TPSA) is 70.6 Å². The van der Waals surface area contributed by atoms with Gasteiger partial charge in [-0.2, -0.15) is 0 Å². The highest BCUT2D eigenvalue weighted by molar-refractivity contribution is 14.0. The first-order valence-corrected chi connectivity index (χ1v) is 8.46. The normalized spacial score (nSPS) is 12.2. The highest BCUT2D eigenvalue weighted by atomic mass is 127. The van der Waals surface area contributed by atoms with Gasteiger partial charge in [-0.05, 0) is 19.3 Å². The number of guanidine groups is 1. The molecule has 0 spiro atoms. The lowest BCUT2D eigenvalue weighted by Gasteiger charge is -2.11. The van der Waals surface area contributed by atoms with Crippen LogP contribution in [0.4, 0.5) is 0 Å². The maximum absolute atomic E-state index is 11.3. The van der Waals surface area contributed by atoms with Crippen molar-refractivity contribution in [3.63, 3.8) is 0 Å². The van der Waals surface area contributed by atoms with Crippen LogP contribution in [0, 0.1) is 5.92 Å². The maximum Gasteiger partial charge on any atom is 0.191 e. The number of nitrogens with zero attached hydrogens (tertiary/aromatic N) is 1. The molecule has 0 aliphatic rings. The lowest BCUT2D eigenvalue weighted by Crippen LogP contribution is -2.39. The zero-order valence-electron chi connectivity index (χ0n) is 12.4. The Morgan fingerprint density at radius 2 is 1.84 bits per heavy atom. The van der Waals surface area contributed by atoms with E-state index in [4.69, 9.17) is 0 Å². The molecule has 0 aromatic carbocycles. The molecular weight excluding hydrogens is 377 g/mol. The molecule has 0 radical (unpaired) electrons. The van der Waals surface area contributed by atoms with Crippen LogP contribution in [-0.4, -0.2) is 45.5 Å². The molecule has 0 bridgehead atoms. The average molecular weight is 405 g/mol. The summed E-state index contributed by atoms with van der Waals surface area (Å²) in [6, 6.07) is 0. The largest absolute Gasteiger partial charge is 0.357 e. The fourth-order valence-corrected chi connectivity index (χ4v) is 1.95. The number of nitrogens with one attached hydrogen (secondary N) is 2. The first kappa shape index (κ1) is 21.3. The highest BCUT2D eigenvalue weighted by Crippen LogP contribution is 1.98. The molecule has 0 aromatic heterocycles. The molecule has 2 N–H and O–H groups in total. The second-order valence-corrected chi connectivity index (χ2v) is 7.08. The zero-order valence-corrected chi connectivity index (χ0v) is 15.5. The molecule has 19 heavy (non-hydrogen) atoms. The van der Waals surface area contributed by atoms with E-state index in [1.807, 2.05) is 6.92 Å². The van der Waals surface area contributed by atoms with Crippen molar-refractivity contribution in [3.05, 3.63) is 0 Å². The maximum atomic E-state index is 11.3. The van der Waals surface area contributed by atoms with Crippen LogP contribution in [-0.2, 0) is 9.84 Å². The van der Waals surface area contributed by atoms with Crippen LogP contribution < -0.4 is 10.6 Å². The molecule has 0 fully saturated rings. The van der Waals surface area contributed by atoms with Crippen molar-refractivity contribution in [2.75, 3.05) is 31.1 Å². The predicted molar refractivity (Wildman–Crippen MR) is 93.2 cm³/mol. The minimum Gasteiger partial charge on any atom is -0.357 e. The third-order valence-corrected chi connectivity index (χ3v) is 4.17. The molecule has 0 saturated heterocycles. The Morgan fingerprint density at radius 1 is 1.21 bits per heavy atom. The molecular formula is C12H28IN3O2S. The summed E-state index contributed by atoms with van der Waals surface area (Å²) in [5.74, 6) is 1.66. The van der Waals surface area contributed by atoms with E-state index in [0.717, 1.165) is 19.5 Å². The van der Waals surface area contributed by atoms with E-state index in [1.165, 1.54) is 0 Å². The summed E-state index contributed by atoms with van der Waals surface area (Å²) in [6.45, 7) is 9.90. The molecule has 0 atom stereocenters. The van der Waals surface area contributed by atoms with E-state index in [1.54, 1.807) is 6.92 Å². The van der Waals surface area contributed by atoms with Crippen LogP contribution in [0.15, 0.2) is 4.99 Å². The van der Waals surface area contributed by atoms with Crippen LogP contribution in [0.5, 0.6) is 0 Å². The van der Waals surface area contributed by atoms with Crippen molar-refractivity contribution >= 4 is 39.8 Å². The molecule has 0 unspecified atom stereocenters. The van der Waals surface area contributed by atoms with E-state index in [0.29, 0.717) is 18.4 Å². The first-order valence-electron chi connectivity index (χ1n) is 6.63. The Kier molecular flexibility index (Phi) is 13.1. The van der Waals surface area contributed by atoms with Gasteiger partial charge in [-0.25, -0.2) is 8.42 Å². The van der Waals surface area contributed by atoms with Crippen LogP contribution >= 0.6 is 24.0 Å². The summed E-state index contributed by atoms with van der Waals surface area (Å²) < 4.78 is 22.7. The number of sulfone groups is 1. The molecule has 5 nitrogen and oxygen atoms in total. The zero-order chi connectivity index (χ0) is 14.0. The molecule has 0 aliphatic heterocycles. The molecule has 7 heteroatoms. The van der Waals surface area contributed by atoms with Crippen LogP contribution in [0.2, 0.25) is 0 Å². The SMILES string of the molecule is CCNC(=NCCC(C)C)NCCS(=O)(=O)CC.I. The molecule has 116 valence electrons. The first-order chi connectivity index (χ1) is 8.41. The number of halogens is 1. The van der Waals surface area contributed by atoms with Crippen molar-refractivity contribution in [3.8, 4) is 0 Å². The van der Waals surface area contributed by atoms with Crippen LogP contribution in [0.3, 0.4) is 0 Å². The Labute approximate surface area is 135 Å². The third kappa shape index (κ3) is 12.7. The lowest BCUT2D eigenvalue weighted by atomic mass is 10.1. The third-order valence-electron chi connectivity index (χ3n) is 2.47. The lowest BCUT2D eigenvalue weighted by molar-refractivity contribution is 0.593. The molecule has 0 rings (SSSR count). The minimum atomic E-state index is -2.91. The van der Waals surface area contributed by atoms with Gasteiger partial charge in [0.15, 0.2) is 15.8 Å². The highest BCUT2D eigenvalue weighted by Gasteiger charge is 2.07. The van der Waals surface area contributed by atoms with Crippen molar-refractivity contribution < 1.29 is 8.42 Å². The summed E-state index contributed by atoms with van der Waals surface area (Å²) in [4.78, 5) is 4.40. The predicted octanol–water partition coefficient (Wildman–Crippen LogP) is 1.64. The van der Waals surface area contributed by atoms with E-state index in [-0.39, 0.29) is 35.5 Å². The van der Waals surface area contributed by atoms with Crippen molar-refractivity contribution in [2.24, 2.45) is 10.9 Å². The molecule has 0 saturated carbocycles. The Balaban J connectivity index is 0. The van der Waals surface area contributed by atoms with Gasteiger partial charge >= 0.3 is 0 Å². The van der Waals surface area contributed by atoms with Gasteiger partial charge in [-0.3, -0.25) is 4.99 Å². The van der Waals surface area contributed by atoms with E-state index in [9.17, 15) is 8.42 Å². The molecule has 0 aliphatic carbocycles. The molecule has 0 aromatic rings. The Bertz CT molecular complexity index is 343. The van der Waals surface area contributed by atoms with Gasteiger partial charge < -0.3 is 10.6 Å². The van der Waals surface area contributed by atoms with Crippen LogP contribution in [0.25, 0.3) is 0 Å². The van der Waals surface area contributed by atoms with Gasteiger partial charge in [0, 0.05) is 25.4 Å². The summed E-state index contributed by atoms with van der Waals surface area (Å²) in [5, 5.41) is 6.15. The van der Waals surface area contributed by atoms with Gasteiger partial charge in [0.1, 0.15) is 0 Å². The average Bonchev–Trinajstić information content (AvgIpc) is 2.28. The summed E-state index contributed by atoms with van der Waals surface area (Å²) in [6.07, 6.45) is 1.03. The fourth-order valence-electron chi connectivity index (χ4n) is 1.25. The van der Waals surface area contributed by atoms with E-state index >= 15 is 0 Å². The van der Waals surface area contributed by atoms with Gasteiger partial charge in [0.05, 0.1) is 5.75 Å². The smallest absolute Gasteiger partial charge is 0.191 e. The standard InChI is InChI=1S/C12H27N3O2S.HI/c1-5-13-12(14-8-7-11(3)4)15-9-10-18(16,17)6-2;/h11H,5-10H2,1-4H3,(H2,13,14,15);1H. The van der Waals surface area contributed by atoms with Gasteiger partial charge in [0.25, 0.3) is 0 Å². The summed E-state index contributed by atoms with van der Waals surface area (Å²) in [5.41, 5.74) is 0. The molecule has 0 heterocycles. The monoisotopic (exact) mass is 405 g/mol. The fraction of sp³-hybridized carbons (Fsp3) is 0.917. The molecule has 0 amide bonds. The van der Waals surface area contributed by atoms with Gasteiger partial charge in [-0.1, -0.05) is 20.8 Å². The quantitative estimate of drug-likeness (QED) is 0.366. The second kappa shape index (κ2) is 11.7. The summed E-state index contributed by atoms with van der Waals surface area (Å²) in [7, 11) is -2.91. The van der Waals surface area contributed by atoms with E-state index < -0.39 is 9.84 Å². The van der Waals surface area contributed by atoms with E-state index in [2.05, 4.69) is 29.5 Å². The number of aliphatic imine (C=N–C) groups is 1. The number of hydrogen-bond acceptors (Lipinski definition) is 3. The second-order valence-electron chi connectivity index (χ2n) is 4.61. The van der Waals surface area contributed by atoms with Gasteiger partial charge in [-0.15, -0.1) is 24.0 Å². The van der Waals surface area contributed by atoms with Crippen LogP contribution in [0.1, 0.15) is 34.1 Å².